The third-order valence-electron chi connectivity index (χ3n) is 3.79. The third kappa shape index (κ3) is 4.71. The van der Waals surface area contributed by atoms with Gasteiger partial charge < -0.3 is 19.9 Å². The Kier molecular flexibility index (Phi) is 6.44. The Hall–Kier alpha value is -2.04. The molecule has 0 fully saturated rings. The predicted molar refractivity (Wildman–Crippen MR) is 92.0 cm³/mol. The zero-order valence-electron chi connectivity index (χ0n) is 14.0. The minimum atomic E-state index is -0.525. The number of benzene rings is 2. The van der Waals surface area contributed by atoms with Crippen molar-refractivity contribution in [1.29, 1.82) is 0 Å². The van der Waals surface area contributed by atoms with Crippen LogP contribution in [0.5, 0.6) is 11.5 Å². The molecule has 0 saturated carbocycles. The first-order valence-electron chi connectivity index (χ1n) is 7.92. The number of nitrogens with one attached hydrogen (secondary N) is 1. The Morgan fingerprint density at radius 1 is 1.04 bits per heavy atom. The average molecular weight is 315 g/mol. The molecule has 23 heavy (non-hydrogen) atoms. The molecule has 124 valence electrons. The number of hydrogen-bond donors (Lipinski definition) is 2. The molecule has 0 radical (unpaired) electrons. The molecule has 0 aliphatic rings. The van der Waals surface area contributed by atoms with Crippen molar-refractivity contribution < 1.29 is 14.6 Å². The standard InChI is InChI=1S/C19H25NO3/c1-4-23-18-11-10-16(12-19(18)22-3)14(2)20-13-17(21)15-8-6-5-7-9-15/h5-12,14,17,20-21H,4,13H2,1-3H3. The third-order valence-corrected chi connectivity index (χ3v) is 3.79. The molecule has 2 aromatic carbocycles. The van der Waals surface area contributed by atoms with Crippen LogP contribution >= 0.6 is 0 Å². The van der Waals surface area contributed by atoms with Crippen molar-refractivity contribution in [3.63, 3.8) is 0 Å². The predicted octanol–water partition coefficient (Wildman–Crippen LogP) is 3.48. The first-order valence-corrected chi connectivity index (χ1v) is 7.92. The second-order valence-electron chi connectivity index (χ2n) is 5.40. The summed E-state index contributed by atoms with van der Waals surface area (Å²) in [6, 6.07) is 15.7. The monoisotopic (exact) mass is 315 g/mol. The van der Waals surface area contributed by atoms with Crippen LogP contribution in [-0.4, -0.2) is 25.4 Å². The van der Waals surface area contributed by atoms with Crippen LogP contribution < -0.4 is 14.8 Å². The van der Waals surface area contributed by atoms with Gasteiger partial charge in [0.1, 0.15) is 0 Å². The van der Waals surface area contributed by atoms with Gasteiger partial charge in [-0.15, -0.1) is 0 Å². The Balaban J connectivity index is 1.99. The van der Waals surface area contributed by atoms with Crippen LogP contribution in [0.15, 0.2) is 48.5 Å². The van der Waals surface area contributed by atoms with Gasteiger partial charge >= 0.3 is 0 Å². The molecule has 0 aliphatic heterocycles. The van der Waals surface area contributed by atoms with Crippen LogP contribution in [0.3, 0.4) is 0 Å². The van der Waals surface area contributed by atoms with E-state index in [1.165, 1.54) is 0 Å². The van der Waals surface area contributed by atoms with E-state index in [9.17, 15) is 5.11 Å². The fraction of sp³-hybridized carbons (Fsp3) is 0.368. The highest BCUT2D eigenvalue weighted by molar-refractivity contribution is 5.43. The summed E-state index contributed by atoms with van der Waals surface area (Å²) in [6.45, 7) is 5.10. The second-order valence-corrected chi connectivity index (χ2v) is 5.40. The van der Waals surface area contributed by atoms with Crippen LogP contribution in [0, 0.1) is 0 Å². The Morgan fingerprint density at radius 2 is 1.78 bits per heavy atom. The molecule has 0 aliphatic carbocycles. The lowest BCUT2D eigenvalue weighted by Gasteiger charge is -2.19. The summed E-state index contributed by atoms with van der Waals surface area (Å²) in [5.74, 6) is 1.47. The lowest BCUT2D eigenvalue weighted by molar-refractivity contribution is 0.171. The van der Waals surface area contributed by atoms with Gasteiger partial charge in [0, 0.05) is 12.6 Å². The number of ether oxygens (including phenoxy) is 2. The second kappa shape index (κ2) is 8.56. The highest BCUT2D eigenvalue weighted by atomic mass is 16.5. The summed E-state index contributed by atoms with van der Waals surface area (Å²) in [7, 11) is 1.64. The topological polar surface area (TPSA) is 50.7 Å². The Labute approximate surface area is 138 Å². The van der Waals surface area contributed by atoms with Gasteiger partial charge in [-0.25, -0.2) is 0 Å². The van der Waals surface area contributed by atoms with E-state index in [0.29, 0.717) is 13.2 Å². The lowest BCUT2D eigenvalue weighted by atomic mass is 10.1. The highest BCUT2D eigenvalue weighted by Crippen LogP contribution is 2.30. The maximum absolute atomic E-state index is 10.2. The van der Waals surface area contributed by atoms with Gasteiger partial charge in [-0.1, -0.05) is 36.4 Å². The Bertz CT molecular complexity index is 601. The maximum atomic E-state index is 10.2. The van der Waals surface area contributed by atoms with Crippen LogP contribution in [0.25, 0.3) is 0 Å². The minimum Gasteiger partial charge on any atom is -0.493 e. The number of methoxy groups -OCH3 is 1. The smallest absolute Gasteiger partial charge is 0.161 e. The average Bonchev–Trinajstić information content (AvgIpc) is 2.60. The molecule has 2 unspecified atom stereocenters. The van der Waals surface area contributed by atoms with Crippen LogP contribution in [0.1, 0.15) is 37.1 Å². The van der Waals surface area contributed by atoms with E-state index in [1.54, 1.807) is 7.11 Å². The minimum absolute atomic E-state index is 0.0953. The van der Waals surface area contributed by atoms with Gasteiger partial charge in [0.15, 0.2) is 11.5 Å². The zero-order valence-corrected chi connectivity index (χ0v) is 14.0. The van der Waals surface area contributed by atoms with E-state index in [4.69, 9.17) is 9.47 Å². The first-order chi connectivity index (χ1) is 11.2. The summed E-state index contributed by atoms with van der Waals surface area (Å²) in [5.41, 5.74) is 2.00. The molecule has 0 saturated heterocycles. The maximum Gasteiger partial charge on any atom is 0.161 e. The van der Waals surface area contributed by atoms with E-state index < -0.39 is 6.10 Å². The summed E-state index contributed by atoms with van der Waals surface area (Å²) in [6.07, 6.45) is -0.525. The summed E-state index contributed by atoms with van der Waals surface area (Å²) in [4.78, 5) is 0. The number of hydrogen-bond acceptors (Lipinski definition) is 4. The first kappa shape index (κ1) is 17.3. The molecule has 2 atom stereocenters. The molecular weight excluding hydrogens is 290 g/mol. The van der Waals surface area contributed by atoms with Gasteiger partial charge in [0.25, 0.3) is 0 Å². The molecule has 0 heterocycles. The van der Waals surface area contributed by atoms with Crippen molar-refractivity contribution in [1.82, 2.24) is 5.32 Å². The number of aliphatic hydroxyl groups excluding tert-OH is 1. The number of rotatable bonds is 8. The highest BCUT2D eigenvalue weighted by Gasteiger charge is 2.13. The quantitative estimate of drug-likeness (QED) is 0.783. The van der Waals surface area contributed by atoms with Crippen molar-refractivity contribution in [2.45, 2.75) is 26.0 Å². The van der Waals surface area contributed by atoms with Crippen LogP contribution in [0.2, 0.25) is 0 Å². The summed E-state index contributed by atoms with van der Waals surface area (Å²) >= 11 is 0. The van der Waals surface area contributed by atoms with E-state index >= 15 is 0 Å². The molecule has 2 aromatic rings. The molecular formula is C19H25NO3. The van der Waals surface area contributed by atoms with Crippen LogP contribution in [0.4, 0.5) is 0 Å². The van der Waals surface area contributed by atoms with Crippen molar-refractivity contribution >= 4 is 0 Å². The molecule has 4 heteroatoms. The molecule has 0 aromatic heterocycles. The van der Waals surface area contributed by atoms with E-state index in [1.807, 2.05) is 55.5 Å². The molecule has 0 spiro atoms. The largest absolute Gasteiger partial charge is 0.493 e. The van der Waals surface area contributed by atoms with Crippen LogP contribution in [-0.2, 0) is 0 Å². The number of aliphatic hydroxyl groups is 1. The van der Waals surface area contributed by atoms with Gasteiger partial charge in [0.05, 0.1) is 19.8 Å². The van der Waals surface area contributed by atoms with Crippen molar-refractivity contribution in [3.05, 3.63) is 59.7 Å². The fourth-order valence-electron chi connectivity index (χ4n) is 2.43. The molecule has 0 bridgehead atoms. The van der Waals surface area contributed by atoms with Gasteiger partial charge in [0.2, 0.25) is 0 Å². The molecule has 0 amide bonds. The van der Waals surface area contributed by atoms with Gasteiger partial charge in [-0.2, -0.15) is 0 Å². The van der Waals surface area contributed by atoms with E-state index in [2.05, 4.69) is 12.2 Å². The lowest BCUT2D eigenvalue weighted by Crippen LogP contribution is -2.24. The summed E-state index contributed by atoms with van der Waals surface area (Å²) in [5, 5.41) is 13.6. The van der Waals surface area contributed by atoms with Crippen molar-refractivity contribution in [3.8, 4) is 11.5 Å². The van der Waals surface area contributed by atoms with E-state index in [0.717, 1.165) is 22.6 Å². The van der Waals surface area contributed by atoms with E-state index in [-0.39, 0.29) is 6.04 Å². The van der Waals surface area contributed by atoms with Gasteiger partial charge in [-0.05, 0) is 37.1 Å². The van der Waals surface area contributed by atoms with Crippen molar-refractivity contribution in [2.75, 3.05) is 20.3 Å². The molecule has 4 nitrogen and oxygen atoms in total. The molecule has 2 N–H and O–H groups in total. The Morgan fingerprint density at radius 3 is 2.43 bits per heavy atom. The summed E-state index contributed by atoms with van der Waals surface area (Å²) < 4.78 is 10.9. The van der Waals surface area contributed by atoms with Crippen molar-refractivity contribution in [2.24, 2.45) is 0 Å². The normalized spacial score (nSPS) is 13.4. The van der Waals surface area contributed by atoms with Gasteiger partial charge in [-0.3, -0.25) is 0 Å². The SMILES string of the molecule is CCOc1ccc(C(C)NCC(O)c2ccccc2)cc1OC. The zero-order chi connectivity index (χ0) is 16.7. The fourth-order valence-corrected chi connectivity index (χ4v) is 2.43. The molecule has 2 rings (SSSR count).